The van der Waals surface area contributed by atoms with Crippen LogP contribution in [-0.2, 0) is 9.53 Å². The van der Waals surface area contributed by atoms with Crippen LogP contribution in [0.25, 0.3) is 0 Å². The van der Waals surface area contributed by atoms with E-state index in [1.807, 2.05) is 0 Å². The maximum absolute atomic E-state index is 11.7. The Bertz CT molecular complexity index is 284. The van der Waals surface area contributed by atoms with Gasteiger partial charge in [0.25, 0.3) is 0 Å². The Labute approximate surface area is 108 Å². The van der Waals surface area contributed by atoms with Crippen molar-refractivity contribution < 1.29 is 14.6 Å². The third-order valence-corrected chi connectivity index (χ3v) is 3.79. The van der Waals surface area contributed by atoms with Gasteiger partial charge < -0.3 is 15.2 Å². The number of nitrogens with one attached hydrogen (secondary N) is 1. The lowest BCUT2D eigenvalue weighted by Crippen LogP contribution is -2.52. The maximum Gasteiger partial charge on any atom is 0.223 e. The standard InChI is InChI=1S/C13H24N2O3/c1-13(17,10-15-5-7-18-8-6-15)9-14-12(16)11-3-2-4-11/h11,17H,2-10H2,1H3,(H,14,16). The van der Waals surface area contributed by atoms with Crippen molar-refractivity contribution >= 4 is 5.91 Å². The topological polar surface area (TPSA) is 61.8 Å². The van der Waals surface area contributed by atoms with Gasteiger partial charge >= 0.3 is 0 Å². The highest BCUT2D eigenvalue weighted by Gasteiger charge is 2.29. The second-order valence-electron chi connectivity index (χ2n) is 5.73. The zero-order chi connectivity index (χ0) is 13.0. The molecule has 0 aromatic heterocycles. The molecule has 0 radical (unpaired) electrons. The van der Waals surface area contributed by atoms with Gasteiger partial charge in [0.15, 0.2) is 0 Å². The fourth-order valence-corrected chi connectivity index (χ4v) is 2.39. The quantitative estimate of drug-likeness (QED) is 0.726. The second-order valence-corrected chi connectivity index (χ2v) is 5.73. The highest BCUT2D eigenvalue weighted by molar-refractivity contribution is 5.79. The van der Waals surface area contributed by atoms with Crippen LogP contribution in [0, 0.1) is 5.92 Å². The van der Waals surface area contributed by atoms with Gasteiger partial charge in [-0.05, 0) is 19.8 Å². The van der Waals surface area contributed by atoms with Crippen LogP contribution in [0.3, 0.4) is 0 Å². The minimum atomic E-state index is -0.864. The van der Waals surface area contributed by atoms with Crippen LogP contribution in [0.1, 0.15) is 26.2 Å². The van der Waals surface area contributed by atoms with Crippen molar-refractivity contribution in [1.82, 2.24) is 10.2 Å². The molecule has 2 N–H and O–H groups in total. The summed E-state index contributed by atoms with van der Waals surface area (Å²) in [5.74, 6) is 0.285. The molecule has 1 aliphatic heterocycles. The van der Waals surface area contributed by atoms with Crippen LogP contribution in [0.2, 0.25) is 0 Å². The molecule has 1 saturated carbocycles. The van der Waals surface area contributed by atoms with Crippen LogP contribution < -0.4 is 5.32 Å². The molecule has 1 saturated heterocycles. The number of morpholine rings is 1. The van der Waals surface area contributed by atoms with Crippen molar-refractivity contribution in [2.24, 2.45) is 5.92 Å². The molecule has 1 heterocycles. The first-order valence-electron chi connectivity index (χ1n) is 6.87. The third-order valence-electron chi connectivity index (χ3n) is 3.79. The predicted octanol–water partition coefficient (Wildman–Crippen LogP) is -0.0141. The average Bonchev–Trinajstić information content (AvgIpc) is 2.25. The van der Waals surface area contributed by atoms with Crippen LogP contribution in [0.5, 0.6) is 0 Å². The molecule has 0 spiro atoms. The summed E-state index contributed by atoms with van der Waals surface area (Å²) in [6, 6.07) is 0. The molecule has 2 rings (SSSR count). The number of nitrogens with zero attached hydrogens (tertiary/aromatic N) is 1. The zero-order valence-corrected chi connectivity index (χ0v) is 11.2. The highest BCUT2D eigenvalue weighted by Crippen LogP contribution is 2.26. The fraction of sp³-hybridized carbons (Fsp3) is 0.923. The lowest BCUT2D eigenvalue weighted by atomic mass is 9.84. The molecule has 5 nitrogen and oxygen atoms in total. The summed E-state index contributed by atoms with van der Waals surface area (Å²) in [7, 11) is 0. The first-order chi connectivity index (χ1) is 8.57. The molecule has 2 fully saturated rings. The number of hydrogen-bond donors (Lipinski definition) is 2. The Hall–Kier alpha value is -0.650. The summed E-state index contributed by atoms with van der Waals surface area (Å²) in [6.45, 7) is 5.86. The Morgan fingerprint density at radius 2 is 2.11 bits per heavy atom. The van der Waals surface area contributed by atoms with E-state index in [1.54, 1.807) is 6.92 Å². The fourth-order valence-electron chi connectivity index (χ4n) is 2.39. The average molecular weight is 256 g/mol. The highest BCUT2D eigenvalue weighted by atomic mass is 16.5. The van der Waals surface area contributed by atoms with Gasteiger partial charge in [-0.3, -0.25) is 9.69 Å². The van der Waals surface area contributed by atoms with Crippen molar-refractivity contribution in [3.63, 3.8) is 0 Å². The van der Waals surface area contributed by atoms with Crippen molar-refractivity contribution in [3.8, 4) is 0 Å². The number of β-amino-alcohol motifs (C(OH)–C–C–N with tert-alkyl or cyclic N) is 1. The molecule has 5 heteroatoms. The molecule has 0 aromatic carbocycles. The Morgan fingerprint density at radius 1 is 1.44 bits per heavy atom. The van der Waals surface area contributed by atoms with Crippen LogP contribution >= 0.6 is 0 Å². The number of carbonyl (C=O) groups is 1. The molecule has 104 valence electrons. The molecule has 1 aliphatic carbocycles. The van der Waals surface area contributed by atoms with E-state index in [2.05, 4.69) is 10.2 Å². The molecule has 0 bridgehead atoms. The van der Waals surface area contributed by atoms with Gasteiger partial charge in [-0.25, -0.2) is 0 Å². The van der Waals surface area contributed by atoms with Crippen molar-refractivity contribution in [2.75, 3.05) is 39.4 Å². The molecule has 0 aromatic rings. The van der Waals surface area contributed by atoms with Gasteiger partial charge in [0.2, 0.25) is 5.91 Å². The number of aliphatic hydroxyl groups is 1. The van der Waals surface area contributed by atoms with Crippen LogP contribution in [-0.4, -0.2) is 60.9 Å². The number of carbonyl (C=O) groups excluding carboxylic acids is 1. The Kier molecular flexibility index (Phi) is 4.59. The number of amides is 1. The lowest BCUT2D eigenvalue weighted by Gasteiger charge is -2.34. The molecule has 18 heavy (non-hydrogen) atoms. The van der Waals surface area contributed by atoms with E-state index < -0.39 is 5.60 Å². The maximum atomic E-state index is 11.7. The van der Waals surface area contributed by atoms with Crippen LogP contribution in [0.15, 0.2) is 0 Å². The largest absolute Gasteiger partial charge is 0.387 e. The van der Waals surface area contributed by atoms with Gasteiger partial charge in [0, 0.05) is 32.1 Å². The Morgan fingerprint density at radius 3 is 2.67 bits per heavy atom. The zero-order valence-electron chi connectivity index (χ0n) is 11.2. The number of rotatable bonds is 5. The van der Waals surface area contributed by atoms with Crippen LogP contribution in [0.4, 0.5) is 0 Å². The van der Waals surface area contributed by atoms with Gasteiger partial charge in [-0.15, -0.1) is 0 Å². The minimum absolute atomic E-state index is 0.100. The second kappa shape index (κ2) is 5.99. The van der Waals surface area contributed by atoms with Gasteiger partial charge in [-0.1, -0.05) is 6.42 Å². The van der Waals surface area contributed by atoms with E-state index in [1.165, 1.54) is 0 Å². The van der Waals surface area contributed by atoms with Gasteiger partial charge in [-0.2, -0.15) is 0 Å². The summed E-state index contributed by atoms with van der Waals surface area (Å²) in [6.07, 6.45) is 3.15. The number of hydrogen-bond acceptors (Lipinski definition) is 4. The third kappa shape index (κ3) is 3.93. The van der Waals surface area contributed by atoms with Gasteiger partial charge in [0.05, 0.1) is 18.8 Å². The van der Waals surface area contributed by atoms with E-state index >= 15 is 0 Å². The Balaban J connectivity index is 1.70. The summed E-state index contributed by atoms with van der Waals surface area (Å²) >= 11 is 0. The molecule has 2 aliphatic rings. The normalized spacial score (nSPS) is 25.2. The van der Waals surface area contributed by atoms with Crippen molar-refractivity contribution in [1.29, 1.82) is 0 Å². The number of ether oxygens (including phenoxy) is 1. The first-order valence-corrected chi connectivity index (χ1v) is 6.87. The van der Waals surface area contributed by atoms with E-state index in [0.717, 1.165) is 45.6 Å². The molecule has 1 unspecified atom stereocenters. The summed E-state index contributed by atoms with van der Waals surface area (Å²) in [5.41, 5.74) is -0.864. The minimum Gasteiger partial charge on any atom is -0.387 e. The van der Waals surface area contributed by atoms with E-state index in [9.17, 15) is 9.90 Å². The predicted molar refractivity (Wildman–Crippen MR) is 68.2 cm³/mol. The molecule has 1 amide bonds. The lowest BCUT2D eigenvalue weighted by molar-refractivity contribution is -0.128. The van der Waals surface area contributed by atoms with Crippen molar-refractivity contribution in [2.45, 2.75) is 31.8 Å². The monoisotopic (exact) mass is 256 g/mol. The molecule has 1 atom stereocenters. The summed E-state index contributed by atoms with van der Waals surface area (Å²) in [5, 5.41) is 13.2. The van der Waals surface area contributed by atoms with Crippen molar-refractivity contribution in [3.05, 3.63) is 0 Å². The molecular weight excluding hydrogens is 232 g/mol. The van der Waals surface area contributed by atoms with E-state index in [-0.39, 0.29) is 11.8 Å². The smallest absolute Gasteiger partial charge is 0.223 e. The summed E-state index contributed by atoms with van der Waals surface area (Å²) < 4.78 is 5.27. The SMILES string of the molecule is CC(O)(CNC(=O)C1CCC1)CN1CCOCC1. The van der Waals surface area contributed by atoms with Gasteiger partial charge in [0.1, 0.15) is 0 Å². The van der Waals surface area contributed by atoms with E-state index in [0.29, 0.717) is 13.1 Å². The molecular formula is C13H24N2O3. The van der Waals surface area contributed by atoms with E-state index in [4.69, 9.17) is 4.74 Å². The summed E-state index contributed by atoms with van der Waals surface area (Å²) in [4.78, 5) is 13.9. The first kappa shape index (κ1) is 13.8.